The van der Waals surface area contributed by atoms with Gasteiger partial charge in [0.05, 0.1) is 19.8 Å². The molecule has 2 nitrogen and oxygen atoms in total. The van der Waals surface area contributed by atoms with E-state index in [1.54, 1.807) is 0 Å². The van der Waals surface area contributed by atoms with Gasteiger partial charge in [0.25, 0.3) is 0 Å². The average molecular weight is 201 g/mol. The summed E-state index contributed by atoms with van der Waals surface area (Å²) in [7, 11) is 0. The molecule has 1 aromatic carbocycles. The molecule has 0 spiro atoms. The summed E-state index contributed by atoms with van der Waals surface area (Å²) in [6, 6.07) is 10.0. The van der Waals surface area contributed by atoms with Gasteiger partial charge in [0.2, 0.25) is 0 Å². The van der Waals surface area contributed by atoms with Crippen molar-refractivity contribution in [2.45, 2.75) is 20.0 Å². The summed E-state index contributed by atoms with van der Waals surface area (Å²) in [5.74, 6) is 0. The van der Waals surface area contributed by atoms with Crippen LogP contribution in [0.5, 0.6) is 0 Å². The molecule has 0 aromatic heterocycles. The highest BCUT2D eigenvalue weighted by Gasteiger charge is 1.92. The number of nitrogens with zero attached hydrogens (tertiary/aromatic N) is 1. The lowest BCUT2D eigenvalue weighted by molar-refractivity contribution is 0.148. The van der Waals surface area contributed by atoms with Crippen molar-refractivity contribution in [3.05, 3.63) is 59.1 Å². The van der Waals surface area contributed by atoms with Gasteiger partial charge in [0.1, 0.15) is 0 Å². The van der Waals surface area contributed by atoms with Crippen LogP contribution in [0.1, 0.15) is 18.9 Å². The Morgan fingerprint density at radius 2 is 2.13 bits per heavy atom. The van der Waals surface area contributed by atoms with Gasteiger partial charge in [-0.05, 0) is 12.0 Å². The molecule has 0 bridgehead atoms. The van der Waals surface area contributed by atoms with Crippen LogP contribution >= 0.6 is 0 Å². The molecule has 15 heavy (non-hydrogen) atoms. The third kappa shape index (κ3) is 4.44. The van der Waals surface area contributed by atoms with Crippen LogP contribution in [0.2, 0.25) is 0 Å². The first-order valence-electron chi connectivity index (χ1n) is 5.05. The zero-order chi connectivity index (χ0) is 10.9. The third-order valence-corrected chi connectivity index (χ3v) is 2.05. The monoisotopic (exact) mass is 201 g/mol. The first kappa shape index (κ1) is 11.5. The molecular weight excluding hydrogens is 186 g/mol. The fraction of sp³-hybridized carbons (Fsp3) is 0.308. The van der Waals surface area contributed by atoms with Crippen LogP contribution in [-0.4, -0.2) is 6.61 Å². The predicted molar refractivity (Wildman–Crippen MR) is 61.1 cm³/mol. The minimum absolute atomic E-state index is 0.514. The van der Waals surface area contributed by atoms with E-state index in [-0.39, 0.29) is 0 Å². The van der Waals surface area contributed by atoms with Gasteiger partial charge in [-0.3, -0.25) is 0 Å². The third-order valence-electron chi connectivity index (χ3n) is 2.05. The van der Waals surface area contributed by atoms with Crippen LogP contribution in [0, 0.1) is 6.57 Å². The van der Waals surface area contributed by atoms with Crippen molar-refractivity contribution in [3.8, 4) is 0 Å². The molecule has 0 N–H and O–H groups in total. The van der Waals surface area contributed by atoms with Crippen LogP contribution in [0.15, 0.2) is 42.1 Å². The molecule has 0 atom stereocenters. The Kier molecular flexibility index (Phi) is 5.21. The molecule has 1 rings (SSSR count). The van der Waals surface area contributed by atoms with E-state index in [9.17, 15) is 0 Å². The molecule has 2 heteroatoms. The van der Waals surface area contributed by atoms with E-state index in [0.717, 1.165) is 17.7 Å². The second-order valence-corrected chi connectivity index (χ2v) is 3.16. The molecule has 0 aliphatic carbocycles. The van der Waals surface area contributed by atoms with E-state index in [4.69, 9.17) is 11.3 Å². The van der Waals surface area contributed by atoms with E-state index in [0.29, 0.717) is 13.2 Å². The van der Waals surface area contributed by atoms with Gasteiger partial charge in [-0.15, -0.1) is 0 Å². The first-order chi connectivity index (χ1) is 7.36. The summed E-state index contributed by atoms with van der Waals surface area (Å²) in [5, 5.41) is 0. The SMILES string of the molecule is [C-]#[N+]/C(=C/COCc1ccccc1)CC. The number of allylic oxidation sites excluding steroid dienone is 1. The van der Waals surface area contributed by atoms with Crippen molar-refractivity contribution in [2.24, 2.45) is 0 Å². The average Bonchev–Trinajstić information content (AvgIpc) is 2.31. The summed E-state index contributed by atoms with van der Waals surface area (Å²) in [6.45, 7) is 9.95. The molecule has 0 radical (unpaired) electrons. The zero-order valence-corrected chi connectivity index (χ0v) is 8.94. The minimum Gasteiger partial charge on any atom is -0.374 e. The maximum Gasteiger partial charge on any atom is 0.163 e. The second-order valence-electron chi connectivity index (χ2n) is 3.16. The number of ether oxygens (including phenoxy) is 1. The van der Waals surface area contributed by atoms with Gasteiger partial charge in [0.15, 0.2) is 5.70 Å². The van der Waals surface area contributed by atoms with Gasteiger partial charge < -0.3 is 4.74 Å². The van der Waals surface area contributed by atoms with E-state index < -0.39 is 0 Å². The summed E-state index contributed by atoms with van der Waals surface area (Å²) in [4.78, 5) is 3.38. The lowest BCUT2D eigenvalue weighted by Gasteiger charge is -2.01. The van der Waals surface area contributed by atoms with Crippen LogP contribution in [0.25, 0.3) is 4.85 Å². The van der Waals surface area contributed by atoms with Crippen LogP contribution in [0.4, 0.5) is 0 Å². The fourth-order valence-corrected chi connectivity index (χ4v) is 1.18. The largest absolute Gasteiger partial charge is 0.374 e. The Labute approximate surface area is 91.0 Å². The van der Waals surface area contributed by atoms with Crippen molar-refractivity contribution in [2.75, 3.05) is 6.61 Å². The smallest absolute Gasteiger partial charge is 0.163 e. The molecule has 0 aliphatic heterocycles. The first-order valence-corrected chi connectivity index (χ1v) is 5.05. The topological polar surface area (TPSA) is 13.6 Å². The highest BCUT2D eigenvalue weighted by Crippen LogP contribution is 2.03. The predicted octanol–water partition coefficient (Wildman–Crippen LogP) is 3.42. The Morgan fingerprint density at radius 1 is 1.40 bits per heavy atom. The summed E-state index contributed by atoms with van der Waals surface area (Å²) in [5.41, 5.74) is 1.93. The van der Waals surface area contributed by atoms with Crippen LogP contribution in [0.3, 0.4) is 0 Å². The van der Waals surface area contributed by atoms with E-state index >= 15 is 0 Å². The fourth-order valence-electron chi connectivity index (χ4n) is 1.18. The second kappa shape index (κ2) is 6.80. The molecule has 0 aliphatic rings. The Morgan fingerprint density at radius 3 is 2.73 bits per heavy atom. The minimum atomic E-state index is 0.514. The van der Waals surface area contributed by atoms with Crippen molar-refractivity contribution in [3.63, 3.8) is 0 Å². The quantitative estimate of drug-likeness (QED) is 0.525. The highest BCUT2D eigenvalue weighted by atomic mass is 16.5. The van der Waals surface area contributed by atoms with E-state index in [1.807, 2.05) is 43.3 Å². The summed E-state index contributed by atoms with van der Waals surface area (Å²) in [6.07, 6.45) is 2.62. The molecule has 0 saturated carbocycles. The lowest BCUT2D eigenvalue weighted by atomic mass is 10.2. The molecular formula is C13H15NO. The van der Waals surface area contributed by atoms with E-state index in [1.165, 1.54) is 0 Å². The zero-order valence-electron chi connectivity index (χ0n) is 8.94. The number of rotatable bonds is 5. The highest BCUT2D eigenvalue weighted by molar-refractivity contribution is 5.13. The summed E-state index contributed by atoms with van der Waals surface area (Å²) < 4.78 is 5.43. The van der Waals surface area contributed by atoms with Gasteiger partial charge in [-0.1, -0.05) is 43.3 Å². The number of hydrogen-bond donors (Lipinski definition) is 0. The molecule has 1 aromatic rings. The molecule has 0 fully saturated rings. The van der Waals surface area contributed by atoms with Crippen molar-refractivity contribution < 1.29 is 4.74 Å². The maximum atomic E-state index is 6.86. The number of benzene rings is 1. The Bertz CT molecular complexity index is 349. The molecule has 0 amide bonds. The standard InChI is InChI=1S/C13H15NO/c1-3-13(14-2)9-10-15-11-12-7-5-4-6-8-12/h4-9H,3,10-11H2,1H3/b13-9+. The number of hydrogen-bond acceptors (Lipinski definition) is 1. The van der Waals surface area contributed by atoms with Crippen molar-refractivity contribution >= 4 is 0 Å². The van der Waals surface area contributed by atoms with Gasteiger partial charge >= 0.3 is 0 Å². The molecule has 78 valence electrons. The normalized spacial score (nSPS) is 11.1. The van der Waals surface area contributed by atoms with Gasteiger partial charge in [0, 0.05) is 0 Å². The molecule has 0 heterocycles. The summed E-state index contributed by atoms with van der Waals surface area (Å²) >= 11 is 0. The van der Waals surface area contributed by atoms with Gasteiger partial charge in [-0.25, -0.2) is 4.85 Å². The van der Waals surface area contributed by atoms with Crippen LogP contribution < -0.4 is 0 Å². The van der Waals surface area contributed by atoms with Crippen LogP contribution in [-0.2, 0) is 11.3 Å². The lowest BCUT2D eigenvalue weighted by Crippen LogP contribution is -1.93. The maximum absolute atomic E-state index is 6.86. The van der Waals surface area contributed by atoms with E-state index in [2.05, 4.69) is 4.85 Å². The van der Waals surface area contributed by atoms with Gasteiger partial charge in [-0.2, -0.15) is 0 Å². The Hall–Kier alpha value is -1.59. The molecule has 0 saturated heterocycles. The van der Waals surface area contributed by atoms with Crippen molar-refractivity contribution in [1.29, 1.82) is 0 Å². The molecule has 0 unspecified atom stereocenters. The van der Waals surface area contributed by atoms with Crippen molar-refractivity contribution in [1.82, 2.24) is 0 Å². The Balaban J connectivity index is 2.29.